The summed E-state index contributed by atoms with van der Waals surface area (Å²) in [4.78, 5) is 13.9. The van der Waals surface area contributed by atoms with Crippen LogP contribution in [-0.4, -0.2) is 22.7 Å². The number of ether oxygens (including phenoxy) is 1. The molecule has 0 saturated heterocycles. The van der Waals surface area contributed by atoms with Crippen LogP contribution in [0.4, 0.5) is 8.78 Å². The predicted octanol–water partition coefficient (Wildman–Crippen LogP) is 2.14. The molecule has 4 nitrogen and oxygen atoms in total. The van der Waals surface area contributed by atoms with Crippen LogP contribution in [0.2, 0.25) is 0 Å². The molecule has 0 aliphatic heterocycles. The van der Waals surface area contributed by atoms with E-state index in [0.29, 0.717) is 0 Å². The molecule has 14 heavy (non-hydrogen) atoms. The van der Waals surface area contributed by atoms with Crippen molar-refractivity contribution in [1.82, 2.24) is 4.98 Å². The second-order valence-corrected chi connectivity index (χ2v) is 2.92. The van der Waals surface area contributed by atoms with Gasteiger partial charge >= 0.3 is 12.6 Å². The molecule has 0 fully saturated rings. The molecule has 0 saturated carbocycles. The summed E-state index contributed by atoms with van der Waals surface area (Å²) >= 11 is 2.81. The summed E-state index contributed by atoms with van der Waals surface area (Å²) in [5.41, 5.74) is -0.251. The van der Waals surface area contributed by atoms with Gasteiger partial charge in [0.15, 0.2) is 5.75 Å². The zero-order valence-corrected chi connectivity index (χ0v) is 8.16. The third kappa shape index (κ3) is 2.63. The van der Waals surface area contributed by atoms with E-state index in [2.05, 4.69) is 25.7 Å². The third-order valence-electron chi connectivity index (χ3n) is 1.25. The highest BCUT2D eigenvalue weighted by Crippen LogP contribution is 2.24. The van der Waals surface area contributed by atoms with E-state index in [1.54, 1.807) is 0 Å². The number of hydrogen-bond acceptors (Lipinski definition) is 3. The van der Waals surface area contributed by atoms with E-state index in [9.17, 15) is 13.6 Å². The van der Waals surface area contributed by atoms with Gasteiger partial charge in [0.2, 0.25) is 0 Å². The van der Waals surface area contributed by atoms with Gasteiger partial charge < -0.3 is 9.84 Å². The predicted molar refractivity (Wildman–Crippen MR) is 45.5 cm³/mol. The molecule has 1 rings (SSSR count). The molecular weight excluding hydrogens is 264 g/mol. The van der Waals surface area contributed by atoms with E-state index in [0.717, 1.165) is 12.1 Å². The molecule has 0 amide bonds. The van der Waals surface area contributed by atoms with Crippen LogP contribution in [0.5, 0.6) is 5.75 Å². The van der Waals surface area contributed by atoms with Crippen molar-refractivity contribution in [1.29, 1.82) is 0 Å². The van der Waals surface area contributed by atoms with Gasteiger partial charge in [-0.15, -0.1) is 0 Å². The lowest BCUT2D eigenvalue weighted by molar-refractivity contribution is -0.0506. The number of carboxylic acid groups (broad SMARTS) is 1. The topological polar surface area (TPSA) is 59.4 Å². The van der Waals surface area contributed by atoms with Gasteiger partial charge in [-0.25, -0.2) is 9.78 Å². The first-order valence-electron chi connectivity index (χ1n) is 3.35. The third-order valence-corrected chi connectivity index (χ3v) is 1.82. The van der Waals surface area contributed by atoms with Crippen molar-refractivity contribution in [2.75, 3.05) is 0 Å². The number of hydrogen-bond donors (Lipinski definition) is 1. The normalized spacial score (nSPS) is 10.3. The maximum atomic E-state index is 11.8. The van der Waals surface area contributed by atoms with Crippen molar-refractivity contribution in [3.05, 3.63) is 22.4 Å². The Morgan fingerprint density at radius 1 is 1.57 bits per heavy atom. The number of pyridine rings is 1. The molecular formula is C7H4BrF2NO3. The summed E-state index contributed by atoms with van der Waals surface area (Å²) in [5.74, 6) is -1.45. The molecule has 0 aliphatic rings. The molecule has 0 bridgehead atoms. The molecule has 1 aromatic rings. The van der Waals surface area contributed by atoms with E-state index in [1.165, 1.54) is 0 Å². The number of nitrogens with zero attached hydrogens (tertiary/aromatic N) is 1. The second-order valence-electron chi connectivity index (χ2n) is 2.17. The van der Waals surface area contributed by atoms with Crippen molar-refractivity contribution in [2.24, 2.45) is 0 Å². The SMILES string of the molecule is O=C(O)c1ccc(OC(F)F)c(Br)n1. The Morgan fingerprint density at radius 3 is 2.64 bits per heavy atom. The minimum atomic E-state index is -2.97. The quantitative estimate of drug-likeness (QED) is 0.853. The lowest BCUT2D eigenvalue weighted by Gasteiger charge is -2.05. The zero-order chi connectivity index (χ0) is 10.7. The Hall–Kier alpha value is -1.24. The molecule has 0 radical (unpaired) electrons. The number of alkyl halides is 2. The number of aromatic nitrogens is 1. The summed E-state index contributed by atoms with van der Waals surface area (Å²) in [6.07, 6.45) is 0. The fourth-order valence-corrected chi connectivity index (χ4v) is 1.14. The summed E-state index contributed by atoms with van der Waals surface area (Å²) in [7, 11) is 0. The molecule has 0 unspecified atom stereocenters. The van der Waals surface area contributed by atoms with Gasteiger partial charge in [0, 0.05) is 0 Å². The van der Waals surface area contributed by atoms with Crippen LogP contribution >= 0.6 is 15.9 Å². The summed E-state index contributed by atoms with van der Waals surface area (Å²) in [6.45, 7) is -2.97. The minimum Gasteiger partial charge on any atom is -0.477 e. The Balaban J connectivity index is 2.95. The Labute approximate surface area is 85.6 Å². The lowest BCUT2D eigenvalue weighted by Crippen LogP contribution is -2.05. The fourth-order valence-electron chi connectivity index (χ4n) is 0.724. The van der Waals surface area contributed by atoms with Crippen molar-refractivity contribution in [3.63, 3.8) is 0 Å². The van der Waals surface area contributed by atoms with E-state index in [1.807, 2.05) is 0 Å². The largest absolute Gasteiger partial charge is 0.477 e. The maximum Gasteiger partial charge on any atom is 0.387 e. The van der Waals surface area contributed by atoms with Gasteiger partial charge in [0.1, 0.15) is 10.3 Å². The smallest absolute Gasteiger partial charge is 0.387 e. The van der Waals surface area contributed by atoms with Gasteiger partial charge in [-0.2, -0.15) is 8.78 Å². The standard InChI is InChI=1S/C7H4BrF2NO3/c8-5-4(14-7(9)10)2-1-3(11-5)6(12)13/h1-2,7H,(H,12,13). The first kappa shape index (κ1) is 10.8. The first-order chi connectivity index (χ1) is 6.50. The zero-order valence-electron chi connectivity index (χ0n) is 6.58. The number of carboxylic acids is 1. The van der Waals surface area contributed by atoms with E-state index < -0.39 is 12.6 Å². The second kappa shape index (κ2) is 4.32. The van der Waals surface area contributed by atoms with Gasteiger partial charge in [0.05, 0.1) is 0 Å². The minimum absolute atomic E-state index is 0.0716. The molecule has 0 spiro atoms. The Kier molecular flexibility index (Phi) is 3.34. The van der Waals surface area contributed by atoms with Gasteiger partial charge in [-0.05, 0) is 28.1 Å². The van der Waals surface area contributed by atoms with Crippen LogP contribution in [0, 0.1) is 0 Å². The molecule has 0 aliphatic carbocycles. The number of halogens is 3. The van der Waals surface area contributed by atoms with Crippen molar-refractivity contribution in [2.45, 2.75) is 6.61 Å². The molecule has 1 aromatic heterocycles. The van der Waals surface area contributed by atoms with Crippen molar-refractivity contribution < 1.29 is 23.4 Å². The molecule has 0 aromatic carbocycles. The van der Waals surface area contributed by atoms with Crippen LogP contribution in [0.15, 0.2) is 16.7 Å². The van der Waals surface area contributed by atoms with E-state index in [-0.39, 0.29) is 16.0 Å². The Morgan fingerprint density at radius 2 is 2.21 bits per heavy atom. The van der Waals surface area contributed by atoms with Crippen LogP contribution in [0.25, 0.3) is 0 Å². The van der Waals surface area contributed by atoms with Crippen LogP contribution in [0.3, 0.4) is 0 Å². The van der Waals surface area contributed by atoms with Crippen LogP contribution < -0.4 is 4.74 Å². The Bertz CT molecular complexity index is 359. The average Bonchev–Trinajstić information content (AvgIpc) is 2.07. The summed E-state index contributed by atoms with van der Waals surface area (Å²) < 4.78 is 27.5. The highest BCUT2D eigenvalue weighted by Gasteiger charge is 2.12. The monoisotopic (exact) mass is 267 g/mol. The summed E-state index contributed by atoms with van der Waals surface area (Å²) in [5, 5.41) is 8.51. The highest BCUT2D eigenvalue weighted by molar-refractivity contribution is 9.10. The fraction of sp³-hybridized carbons (Fsp3) is 0.143. The van der Waals surface area contributed by atoms with Gasteiger partial charge in [-0.3, -0.25) is 0 Å². The highest BCUT2D eigenvalue weighted by atomic mass is 79.9. The number of rotatable bonds is 3. The molecule has 1 heterocycles. The maximum absolute atomic E-state index is 11.8. The summed E-state index contributed by atoms with van der Waals surface area (Å²) in [6, 6.07) is 2.18. The first-order valence-corrected chi connectivity index (χ1v) is 4.14. The van der Waals surface area contributed by atoms with Crippen molar-refractivity contribution in [3.8, 4) is 5.75 Å². The number of carbonyl (C=O) groups is 1. The van der Waals surface area contributed by atoms with Crippen LogP contribution in [-0.2, 0) is 0 Å². The molecule has 7 heteroatoms. The van der Waals surface area contributed by atoms with Crippen molar-refractivity contribution >= 4 is 21.9 Å². The van der Waals surface area contributed by atoms with Crippen LogP contribution in [0.1, 0.15) is 10.5 Å². The molecule has 0 atom stereocenters. The van der Waals surface area contributed by atoms with E-state index >= 15 is 0 Å². The van der Waals surface area contributed by atoms with Gasteiger partial charge in [-0.1, -0.05) is 0 Å². The lowest BCUT2D eigenvalue weighted by atomic mass is 10.3. The molecule has 76 valence electrons. The van der Waals surface area contributed by atoms with E-state index in [4.69, 9.17) is 5.11 Å². The molecule has 1 N–H and O–H groups in total. The number of aromatic carboxylic acids is 1. The van der Waals surface area contributed by atoms with Gasteiger partial charge in [0.25, 0.3) is 0 Å². The average molecular weight is 268 g/mol.